The summed E-state index contributed by atoms with van der Waals surface area (Å²) in [6.45, 7) is 1.35. The van der Waals surface area contributed by atoms with Crippen LogP contribution in [0.4, 0.5) is 0 Å². The number of rotatable bonds is 9. The molecule has 0 aliphatic carbocycles. The lowest BCUT2D eigenvalue weighted by molar-refractivity contribution is -0.143. The molecule has 6 heterocycles. The number of hydrogen-bond donors (Lipinski definition) is 2. The fourth-order valence-electron chi connectivity index (χ4n) is 3.87. The summed E-state index contributed by atoms with van der Waals surface area (Å²) in [6, 6.07) is 15.7. The lowest BCUT2D eigenvalue weighted by Crippen LogP contribution is -2.01. The summed E-state index contributed by atoms with van der Waals surface area (Å²) < 4.78 is 7.32. The van der Waals surface area contributed by atoms with Gasteiger partial charge in [-0.15, -0.1) is 0 Å². The van der Waals surface area contributed by atoms with E-state index in [1.165, 1.54) is 0 Å². The predicted molar refractivity (Wildman–Crippen MR) is 160 cm³/mol. The van der Waals surface area contributed by atoms with Gasteiger partial charge >= 0.3 is 11.9 Å². The van der Waals surface area contributed by atoms with E-state index in [0.717, 1.165) is 33.9 Å². The van der Waals surface area contributed by atoms with Gasteiger partial charge in [-0.2, -0.15) is 20.4 Å². The summed E-state index contributed by atoms with van der Waals surface area (Å²) in [5.74, 6) is -2.15. The molecule has 14 heteroatoms. The highest BCUT2D eigenvalue weighted by atomic mass is 16.4. The molecule has 0 radical (unpaired) electrons. The van der Waals surface area contributed by atoms with Crippen molar-refractivity contribution in [3.05, 3.63) is 109 Å². The molecular formula is C30H32N10O4. The zero-order chi connectivity index (χ0) is 31.3. The van der Waals surface area contributed by atoms with Crippen LogP contribution in [0.2, 0.25) is 0 Å². The van der Waals surface area contributed by atoms with Crippen LogP contribution in [0.15, 0.2) is 98.1 Å². The lowest BCUT2D eigenvalue weighted by atomic mass is 10.2. The maximum absolute atomic E-state index is 9.64. The Bertz CT molecular complexity index is 1630. The molecule has 0 bridgehead atoms. The molecule has 0 unspecified atom stereocenters. The minimum absolute atomic E-state index is 0.296. The zero-order valence-electron chi connectivity index (χ0n) is 24.2. The van der Waals surface area contributed by atoms with Gasteiger partial charge in [-0.25, -0.2) is 0 Å². The molecule has 6 rings (SSSR count). The molecule has 0 saturated heterocycles. The maximum atomic E-state index is 9.64. The molecule has 0 aliphatic heterocycles. The molecule has 44 heavy (non-hydrogen) atoms. The van der Waals surface area contributed by atoms with Crippen molar-refractivity contribution in [2.75, 3.05) is 0 Å². The van der Waals surface area contributed by atoms with Gasteiger partial charge in [0, 0.05) is 62.4 Å². The Morgan fingerprint density at radius 3 is 1.41 bits per heavy atom. The van der Waals surface area contributed by atoms with E-state index < -0.39 is 11.9 Å². The van der Waals surface area contributed by atoms with Crippen molar-refractivity contribution in [2.24, 2.45) is 14.1 Å². The van der Waals surface area contributed by atoms with E-state index in [4.69, 9.17) is 10.2 Å². The number of hydrogen-bond acceptors (Lipinski definition) is 8. The monoisotopic (exact) mass is 596 g/mol. The second kappa shape index (κ2) is 15.3. The molecule has 0 amide bonds. The summed E-state index contributed by atoms with van der Waals surface area (Å²) in [5, 5.41) is 33.1. The molecule has 6 aromatic rings. The summed E-state index contributed by atoms with van der Waals surface area (Å²) >= 11 is 0. The molecule has 0 aromatic carbocycles. The highest BCUT2D eigenvalue weighted by Crippen LogP contribution is 2.16. The molecular weight excluding hydrogens is 564 g/mol. The second-order valence-electron chi connectivity index (χ2n) is 9.53. The molecule has 6 aromatic heterocycles. The van der Waals surface area contributed by atoms with Crippen molar-refractivity contribution in [3.63, 3.8) is 0 Å². The van der Waals surface area contributed by atoms with Crippen LogP contribution in [-0.4, -0.2) is 71.2 Å². The van der Waals surface area contributed by atoms with Crippen LogP contribution in [0.25, 0.3) is 22.5 Å². The van der Waals surface area contributed by atoms with E-state index in [-0.39, 0.29) is 12.8 Å². The average molecular weight is 597 g/mol. The number of carboxylic acid groups (broad SMARTS) is 2. The SMILES string of the molecule is Cn1ccc(Cn2cc(-c3ccccn3)cn2)n1.Cn1ccc(Cn2cc(-c3ccccn3)cn2)n1.O=C(O)CCC(=O)O. The van der Waals surface area contributed by atoms with E-state index in [1.54, 1.807) is 21.8 Å². The first-order valence-corrected chi connectivity index (χ1v) is 13.5. The fraction of sp³-hybridized carbons (Fsp3) is 0.200. The van der Waals surface area contributed by atoms with Crippen molar-refractivity contribution >= 4 is 11.9 Å². The first-order chi connectivity index (χ1) is 21.2. The Hall–Kier alpha value is -5.92. The number of carboxylic acids is 2. The summed E-state index contributed by atoms with van der Waals surface area (Å²) in [5.41, 5.74) is 5.90. The van der Waals surface area contributed by atoms with E-state index in [0.29, 0.717) is 13.1 Å². The van der Waals surface area contributed by atoms with Crippen LogP contribution in [-0.2, 0) is 36.8 Å². The van der Waals surface area contributed by atoms with Gasteiger partial charge in [-0.1, -0.05) is 12.1 Å². The van der Waals surface area contributed by atoms with Crippen molar-refractivity contribution in [3.8, 4) is 22.5 Å². The predicted octanol–water partition coefficient (Wildman–Crippen LogP) is 3.39. The summed E-state index contributed by atoms with van der Waals surface area (Å²) in [4.78, 5) is 27.9. The highest BCUT2D eigenvalue weighted by molar-refractivity contribution is 5.75. The van der Waals surface area contributed by atoms with Crippen LogP contribution >= 0.6 is 0 Å². The van der Waals surface area contributed by atoms with E-state index >= 15 is 0 Å². The van der Waals surface area contributed by atoms with Crippen molar-refractivity contribution in [1.29, 1.82) is 0 Å². The van der Waals surface area contributed by atoms with E-state index in [9.17, 15) is 9.59 Å². The molecule has 2 N–H and O–H groups in total. The van der Waals surface area contributed by atoms with E-state index in [2.05, 4.69) is 30.4 Å². The minimum Gasteiger partial charge on any atom is -0.481 e. The van der Waals surface area contributed by atoms with Crippen molar-refractivity contribution in [2.45, 2.75) is 25.9 Å². The third kappa shape index (κ3) is 9.87. The molecule has 0 atom stereocenters. The van der Waals surface area contributed by atoms with Gasteiger partial charge in [0.05, 0.1) is 61.1 Å². The number of carbonyl (C=O) groups is 2. The first kappa shape index (κ1) is 31.0. The molecule has 0 spiro atoms. The summed E-state index contributed by atoms with van der Waals surface area (Å²) in [6.07, 6.45) is 14.4. The normalized spacial score (nSPS) is 10.3. The van der Waals surface area contributed by atoms with Crippen LogP contribution < -0.4 is 0 Å². The quantitative estimate of drug-likeness (QED) is 0.252. The fourth-order valence-corrected chi connectivity index (χ4v) is 3.87. The Morgan fingerprint density at radius 1 is 0.659 bits per heavy atom. The number of nitrogens with zero attached hydrogens (tertiary/aromatic N) is 10. The molecule has 14 nitrogen and oxygen atoms in total. The molecule has 0 fully saturated rings. The Morgan fingerprint density at radius 2 is 1.09 bits per heavy atom. The topological polar surface area (TPSA) is 172 Å². The zero-order valence-corrected chi connectivity index (χ0v) is 24.2. The second-order valence-corrected chi connectivity index (χ2v) is 9.53. The third-order valence-corrected chi connectivity index (χ3v) is 5.93. The van der Waals surface area contributed by atoms with Crippen molar-refractivity contribution < 1.29 is 19.8 Å². The number of aromatic nitrogens is 10. The van der Waals surface area contributed by atoms with Gasteiger partial charge < -0.3 is 10.2 Å². The largest absolute Gasteiger partial charge is 0.481 e. The Labute approximate surface area is 252 Å². The molecule has 0 aliphatic rings. The molecule has 226 valence electrons. The van der Waals surface area contributed by atoms with Gasteiger partial charge in [-0.3, -0.25) is 38.3 Å². The number of pyridine rings is 2. The summed E-state index contributed by atoms with van der Waals surface area (Å²) in [7, 11) is 3.82. The van der Waals surface area contributed by atoms with Crippen molar-refractivity contribution in [1.82, 2.24) is 49.1 Å². The van der Waals surface area contributed by atoms with E-state index in [1.807, 2.05) is 109 Å². The standard InChI is InChI=1S/2C13H13N5.C4H6O4/c2*1-17-7-5-12(16-17)10-18-9-11(8-15-18)13-4-2-3-6-14-13;5-3(6)1-2-4(7)8/h2*2-9H,10H2,1H3;1-2H2,(H,5,6)(H,7,8). The highest BCUT2D eigenvalue weighted by Gasteiger charge is 2.06. The van der Waals surface area contributed by atoms with Crippen LogP contribution in [0.1, 0.15) is 24.2 Å². The first-order valence-electron chi connectivity index (χ1n) is 13.5. The Kier molecular flexibility index (Phi) is 10.8. The molecule has 0 saturated carbocycles. The number of aliphatic carboxylic acids is 2. The van der Waals surface area contributed by atoms with Crippen LogP contribution in [0, 0.1) is 0 Å². The smallest absolute Gasteiger partial charge is 0.303 e. The van der Waals surface area contributed by atoms with Gasteiger partial charge in [0.25, 0.3) is 0 Å². The van der Waals surface area contributed by atoms with Crippen LogP contribution in [0.3, 0.4) is 0 Å². The minimum atomic E-state index is -1.08. The van der Waals surface area contributed by atoms with Gasteiger partial charge in [-0.05, 0) is 36.4 Å². The Balaban J connectivity index is 0.000000163. The third-order valence-electron chi connectivity index (χ3n) is 5.93. The maximum Gasteiger partial charge on any atom is 0.303 e. The lowest BCUT2D eigenvalue weighted by Gasteiger charge is -1.97. The van der Waals surface area contributed by atoms with Crippen LogP contribution in [0.5, 0.6) is 0 Å². The number of aryl methyl sites for hydroxylation is 2. The average Bonchev–Trinajstić information content (AvgIpc) is 3.84. The van der Waals surface area contributed by atoms with Gasteiger partial charge in [0.2, 0.25) is 0 Å². The van der Waals surface area contributed by atoms with Gasteiger partial charge in [0.1, 0.15) is 0 Å². The van der Waals surface area contributed by atoms with Gasteiger partial charge in [0.15, 0.2) is 0 Å².